The molecule has 0 heterocycles. The molecule has 0 aromatic heterocycles. The molecule has 2 aromatic carbocycles. The molecule has 0 bridgehead atoms. The Hall–Kier alpha value is -3.39. The molecule has 0 spiro atoms. The summed E-state index contributed by atoms with van der Waals surface area (Å²) in [7, 11) is 0. The molecule has 0 unspecified atom stereocenters. The third kappa shape index (κ3) is 5.05. The van der Waals surface area contributed by atoms with Gasteiger partial charge in [-0.05, 0) is 18.1 Å². The van der Waals surface area contributed by atoms with Gasteiger partial charge in [-0.3, -0.25) is 14.9 Å². The van der Waals surface area contributed by atoms with Gasteiger partial charge in [-0.1, -0.05) is 55.5 Å². The largest absolute Gasteiger partial charge is 0.360 e. The number of carbonyl (C=O) groups is 2. The van der Waals surface area contributed by atoms with E-state index in [1.807, 2.05) is 67.6 Å². The summed E-state index contributed by atoms with van der Waals surface area (Å²) in [6.07, 6.45) is 2.19. The van der Waals surface area contributed by atoms with Crippen LogP contribution >= 0.6 is 0 Å². The number of hydrogen-bond acceptors (Lipinski definition) is 4. The first kappa shape index (κ1) is 18.0. The van der Waals surface area contributed by atoms with Gasteiger partial charge in [0, 0.05) is 23.9 Å². The molecule has 25 heavy (non-hydrogen) atoms. The van der Waals surface area contributed by atoms with E-state index < -0.39 is 11.8 Å². The molecule has 0 aliphatic carbocycles. The summed E-state index contributed by atoms with van der Waals surface area (Å²) in [5.74, 6) is -1.09. The van der Waals surface area contributed by atoms with Crippen LogP contribution in [0.5, 0.6) is 0 Å². The van der Waals surface area contributed by atoms with Crippen LogP contribution in [0.2, 0.25) is 0 Å². The Morgan fingerprint density at radius 3 is 2.44 bits per heavy atom. The Labute approximate surface area is 147 Å². The molecule has 0 radical (unpaired) electrons. The zero-order valence-corrected chi connectivity index (χ0v) is 14.0. The van der Waals surface area contributed by atoms with E-state index in [9.17, 15) is 14.9 Å². The lowest BCUT2D eigenvalue weighted by molar-refractivity contribution is -0.128. The Morgan fingerprint density at radius 2 is 1.76 bits per heavy atom. The number of hydrogen-bond donors (Lipinski definition) is 2. The van der Waals surface area contributed by atoms with E-state index in [2.05, 4.69) is 10.6 Å². The van der Waals surface area contributed by atoms with Crippen LogP contribution in [-0.4, -0.2) is 11.8 Å². The summed E-state index contributed by atoms with van der Waals surface area (Å²) in [5.41, 5.74) is 2.56. The maximum atomic E-state index is 12.0. The quantitative estimate of drug-likeness (QED) is 0.625. The van der Waals surface area contributed by atoms with E-state index >= 15 is 0 Å². The van der Waals surface area contributed by atoms with Crippen molar-refractivity contribution in [3.8, 4) is 17.2 Å². The van der Waals surface area contributed by atoms with Crippen molar-refractivity contribution in [1.29, 1.82) is 5.26 Å². The van der Waals surface area contributed by atoms with Crippen molar-refractivity contribution < 1.29 is 9.59 Å². The van der Waals surface area contributed by atoms with Crippen molar-refractivity contribution in [2.45, 2.75) is 19.8 Å². The summed E-state index contributed by atoms with van der Waals surface area (Å²) >= 11 is 0. The smallest absolute Gasteiger partial charge is 0.269 e. The molecule has 0 aliphatic rings. The molecule has 0 aliphatic heterocycles. The lowest BCUT2D eigenvalue weighted by Crippen LogP contribution is -2.31. The summed E-state index contributed by atoms with van der Waals surface area (Å²) < 4.78 is 0. The van der Waals surface area contributed by atoms with Crippen LogP contribution in [-0.2, 0) is 9.59 Å². The van der Waals surface area contributed by atoms with E-state index in [0.29, 0.717) is 6.42 Å². The van der Waals surface area contributed by atoms with Crippen LogP contribution in [0.25, 0.3) is 11.1 Å². The summed E-state index contributed by atoms with van der Waals surface area (Å²) in [6, 6.07) is 19.2. The van der Waals surface area contributed by atoms with Gasteiger partial charge in [-0.15, -0.1) is 0 Å². The number of nitrogens with one attached hydrogen (secondary N) is 2. The Balaban J connectivity index is 2.19. The molecular formula is C20H19N3O2. The average Bonchev–Trinajstić information content (AvgIpc) is 2.63. The third-order valence-corrected chi connectivity index (χ3v) is 3.48. The van der Waals surface area contributed by atoms with Crippen LogP contribution < -0.4 is 10.6 Å². The Morgan fingerprint density at radius 1 is 1.08 bits per heavy atom. The SMILES string of the molecule is CCCC(=O)NC(=O)C(C#N)=CNc1ccccc1-c1ccccc1. The van der Waals surface area contributed by atoms with Crippen molar-refractivity contribution in [2.75, 3.05) is 5.32 Å². The zero-order chi connectivity index (χ0) is 18.1. The van der Waals surface area contributed by atoms with Crippen LogP contribution in [0.15, 0.2) is 66.4 Å². The van der Waals surface area contributed by atoms with Gasteiger partial charge in [-0.25, -0.2) is 0 Å². The minimum Gasteiger partial charge on any atom is -0.360 e. The molecule has 2 amide bonds. The molecule has 0 saturated heterocycles. The number of para-hydroxylation sites is 1. The number of nitrogens with zero attached hydrogens (tertiary/aromatic N) is 1. The first-order valence-corrected chi connectivity index (χ1v) is 8.01. The molecule has 126 valence electrons. The minimum atomic E-state index is -0.703. The molecule has 5 nitrogen and oxygen atoms in total. The highest BCUT2D eigenvalue weighted by molar-refractivity contribution is 6.06. The second-order valence-electron chi connectivity index (χ2n) is 5.35. The highest BCUT2D eigenvalue weighted by atomic mass is 16.2. The maximum Gasteiger partial charge on any atom is 0.269 e. The van der Waals surface area contributed by atoms with Gasteiger partial charge in [-0.2, -0.15) is 5.26 Å². The lowest BCUT2D eigenvalue weighted by atomic mass is 10.0. The van der Waals surface area contributed by atoms with Crippen molar-refractivity contribution in [2.24, 2.45) is 0 Å². The van der Waals surface area contributed by atoms with E-state index in [0.717, 1.165) is 16.8 Å². The fourth-order valence-corrected chi connectivity index (χ4v) is 2.26. The van der Waals surface area contributed by atoms with Gasteiger partial charge in [0.05, 0.1) is 0 Å². The average molecular weight is 333 g/mol. The van der Waals surface area contributed by atoms with Crippen molar-refractivity contribution in [3.05, 3.63) is 66.4 Å². The maximum absolute atomic E-state index is 12.0. The molecule has 2 rings (SSSR count). The van der Waals surface area contributed by atoms with Crippen molar-refractivity contribution in [1.82, 2.24) is 5.32 Å². The topological polar surface area (TPSA) is 82.0 Å². The number of nitriles is 1. The predicted molar refractivity (Wildman–Crippen MR) is 97.3 cm³/mol. The number of amides is 2. The fraction of sp³-hybridized carbons (Fsp3) is 0.150. The minimum absolute atomic E-state index is 0.160. The summed E-state index contributed by atoms with van der Waals surface area (Å²) in [6.45, 7) is 1.84. The highest BCUT2D eigenvalue weighted by Crippen LogP contribution is 2.27. The number of rotatable bonds is 6. The summed E-state index contributed by atoms with van der Waals surface area (Å²) in [5, 5.41) is 14.4. The second-order valence-corrected chi connectivity index (χ2v) is 5.35. The van der Waals surface area contributed by atoms with Crippen molar-refractivity contribution in [3.63, 3.8) is 0 Å². The number of carbonyl (C=O) groups excluding carboxylic acids is 2. The van der Waals surface area contributed by atoms with E-state index in [1.54, 1.807) is 0 Å². The molecule has 0 fully saturated rings. The van der Waals surface area contributed by atoms with Gasteiger partial charge in [0.25, 0.3) is 5.91 Å². The van der Waals surface area contributed by atoms with E-state index in [-0.39, 0.29) is 12.0 Å². The van der Waals surface area contributed by atoms with Crippen molar-refractivity contribution >= 4 is 17.5 Å². The standard InChI is InChI=1S/C20H19N3O2/c1-2-8-19(24)23-20(25)16(13-21)14-22-18-12-7-6-11-17(18)15-9-4-3-5-10-15/h3-7,9-12,14,22H,2,8H2,1H3,(H,23,24,25). The Bertz CT molecular complexity index is 820. The van der Waals surface area contributed by atoms with Crippen LogP contribution in [0.4, 0.5) is 5.69 Å². The van der Waals surface area contributed by atoms with Gasteiger partial charge in [0.15, 0.2) is 0 Å². The molecular weight excluding hydrogens is 314 g/mol. The van der Waals surface area contributed by atoms with Gasteiger partial charge in [0.1, 0.15) is 11.6 Å². The van der Waals surface area contributed by atoms with Gasteiger partial charge in [0.2, 0.25) is 5.91 Å². The summed E-state index contributed by atoms with van der Waals surface area (Å²) in [4.78, 5) is 23.5. The van der Waals surface area contributed by atoms with Gasteiger partial charge < -0.3 is 5.32 Å². The molecule has 0 saturated carbocycles. The molecule has 5 heteroatoms. The van der Waals surface area contributed by atoms with Crippen LogP contribution in [0.1, 0.15) is 19.8 Å². The van der Waals surface area contributed by atoms with Crippen LogP contribution in [0, 0.1) is 11.3 Å². The van der Waals surface area contributed by atoms with E-state index in [4.69, 9.17) is 0 Å². The van der Waals surface area contributed by atoms with Gasteiger partial charge >= 0.3 is 0 Å². The van der Waals surface area contributed by atoms with E-state index in [1.165, 1.54) is 6.20 Å². The zero-order valence-electron chi connectivity index (χ0n) is 14.0. The number of imide groups is 1. The predicted octanol–water partition coefficient (Wildman–Crippen LogP) is 3.62. The first-order valence-electron chi connectivity index (χ1n) is 8.01. The fourth-order valence-electron chi connectivity index (χ4n) is 2.26. The number of anilines is 1. The lowest BCUT2D eigenvalue weighted by Gasteiger charge is -2.10. The molecule has 2 N–H and O–H groups in total. The monoisotopic (exact) mass is 333 g/mol. The highest BCUT2D eigenvalue weighted by Gasteiger charge is 2.12. The molecule has 0 atom stereocenters. The second kappa shape index (κ2) is 9.04. The normalized spacial score (nSPS) is 10.6. The number of benzene rings is 2. The molecule has 2 aromatic rings. The third-order valence-electron chi connectivity index (χ3n) is 3.48. The Kier molecular flexibility index (Phi) is 6.49. The first-order chi connectivity index (χ1) is 12.2. The van der Waals surface area contributed by atoms with Crippen LogP contribution in [0.3, 0.4) is 0 Å².